The number of hydrogen-bond acceptors (Lipinski definition) is 4. The maximum atomic E-state index is 13.0. The van der Waals surface area contributed by atoms with E-state index in [0.717, 1.165) is 45.3 Å². The fourth-order valence-corrected chi connectivity index (χ4v) is 3.97. The second kappa shape index (κ2) is 10.2. The Morgan fingerprint density at radius 1 is 1.10 bits per heavy atom. The smallest absolute Gasteiger partial charge is 0.337 e. The van der Waals surface area contributed by atoms with Gasteiger partial charge in [0.05, 0.1) is 12.7 Å². The van der Waals surface area contributed by atoms with E-state index in [2.05, 4.69) is 29.2 Å². The second-order valence-electron chi connectivity index (χ2n) is 7.67. The number of likely N-dealkylation sites (tertiary alicyclic amines) is 1. The van der Waals surface area contributed by atoms with Crippen LogP contribution >= 0.6 is 0 Å². The highest BCUT2D eigenvalue weighted by molar-refractivity contribution is 5.97. The molecular formula is C24H30N2O3. The van der Waals surface area contributed by atoms with Gasteiger partial charge in [0.15, 0.2) is 0 Å². The summed E-state index contributed by atoms with van der Waals surface area (Å²) in [5, 5.41) is 0. The molecule has 0 aromatic heterocycles. The van der Waals surface area contributed by atoms with Crippen LogP contribution in [0, 0.1) is 0 Å². The van der Waals surface area contributed by atoms with Crippen molar-refractivity contribution in [3.63, 3.8) is 0 Å². The van der Waals surface area contributed by atoms with Crippen LogP contribution in [0.5, 0.6) is 0 Å². The van der Waals surface area contributed by atoms with E-state index in [9.17, 15) is 9.59 Å². The molecule has 0 bridgehead atoms. The zero-order valence-electron chi connectivity index (χ0n) is 17.3. The Morgan fingerprint density at radius 2 is 1.86 bits per heavy atom. The standard InChI is InChI=1S/C24H30N2O3/c1-25(23(27)20-12-6-13-21(17-20)24(28)29-2)22-14-8-16-26(18-22)15-7-11-19-9-4-3-5-10-19/h3-6,9-10,12-13,17,22H,7-8,11,14-16,18H2,1-2H3/t22-/m0/s1. The predicted molar refractivity (Wildman–Crippen MR) is 114 cm³/mol. The summed E-state index contributed by atoms with van der Waals surface area (Å²) < 4.78 is 4.76. The number of likely N-dealkylation sites (N-methyl/N-ethyl adjacent to an activating group) is 1. The molecule has 0 unspecified atom stereocenters. The third-order valence-electron chi connectivity index (χ3n) is 5.66. The van der Waals surface area contributed by atoms with Crippen LogP contribution in [-0.2, 0) is 11.2 Å². The number of rotatable bonds is 7. The average Bonchev–Trinajstić information content (AvgIpc) is 2.78. The van der Waals surface area contributed by atoms with Crippen LogP contribution in [0.3, 0.4) is 0 Å². The molecule has 2 aromatic carbocycles. The van der Waals surface area contributed by atoms with Crippen molar-refractivity contribution in [1.82, 2.24) is 9.80 Å². The molecule has 154 valence electrons. The third-order valence-corrected chi connectivity index (χ3v) is 5.66. The van der Waals surface area contributed by atoms with Crippen molar-refractivity contribution in [2.75, 3.05) is 33.8 Å². The maximum Gasteiger partial charge on any atom is 0.337 e. The molecule has 0 saturated carbocycles. The van der Waals surface area contributed by atoms with Crippen LogP contribution in [0.15, 0.2) is 54.6 Å². The van der Waals surface area contributed by atoms with Crippen LogP contribution in [-0.4, -0.2) is 61.5 Å². The Morgan fingerprint density at radius 3 is 2.62 bits per heavy atom. The van der Waals surface area contributed by atoms with E-state index in [0.29, 0.717) is 11.1 Å². The number of carbonyl (C=O) groups is 2. The topological polar surface area (TPSA) is 49.9 Å². The van der Waals surface area contributed by atoms with Gasteiger partial charge in [-0.15, -0.1) is 0 Å². The van der Waals surface area contributed by atoms with Crippen LogP contribution in [0.4, 0.5) is 0 Å². The lowest BCUT2D eigenvalue weighted by Crippen LogP contribution is -2.48. The first-order valence-corrected chi connectivity index (χ1v) is 10.3. The van der Waals surface area contributed by atoms with Gasteiger partial charge in [-0.3, -0.25) is 4.79 Å². The fourth-order valence-electron chi connectivity index (χ4n) is 3.97. The number of amides is 1. The van der Waals surface area contributed by atoms with Gasteiger partial charge in [-0.25, -0.2) is 4.79 Å². The van der Waals surface area contributed by atoms with Crippen LogP contribution in [0.2, 0.25) is 0 Å². The molecule has 2 aromatic rings. The van der Waals surface area contributed by atoms with Gasteiger partial charge in [-0.2, -0.15) is 0 Å². The minimum atomic E-state index is -0.426. The molecule has 0 radical (unpaired) electrons. The van der Waals surface area contributed by atoms with Gasteiger partial charge in [-0.1, -0.05) is 36.4 Å². The maximum absolute atomic E-state index is 13.0. The minimum Gasteiger partial charge on any atom is -0.465 e. The number of ether oxygens (including phenoxy) is 1. The summed E-state index contributed by atoms with van der Waals surface area (Å²) in [6.45, 7) is 3.03. The lowest BCUT2D eigenvalue weighted by molar-refractivity contribution is 0.0600. The van der Waals surface area contributed by atoms with Gasteiger partial charge in [-0.05, 0) is 62.5 Å². The van der Waals surface area contributed by atoms with Crippen LogP contribution in [0.1, 0.15) is 45.5 Å². The monoisotopic (exact) mass is 394 g/mol. The summed E-state index contributed by atoms with van der Waals surface area (Å²) in [5.74, 6) is -0.476. The van der Waals surface area contributed by atoms with E-state index in [1.165, 1.54) is 12.7 Å². The summed E-state index contributed by atoms with van der Waals surface area (Å²) in [6.07, 6.45) is 4.30. The van der Waals surface area contributed by atoms with Crippen LogP contribution < -0.4 is 0 Å². The molecule has 1 heterocycles. The molecule has 29 heavy (non-hydrogen) atoms. The Bertz CT molecular complexity index is 822. The van der Waals surface area contributed by atoms with Gasteiger partial charge in [0, 0.05) is 25.2 Å². The highest BCUT2D eigenvalue weighted by Crippen LogP contribution is 2.18. The summed E-state index contributed by atoms with van der Waals surface area (Å²) in [5.41, 5.74) is 2.30. The quantitative estimate of drug-likeness (QED) is 0.673. The van der Waals surface area contributed by atoms with Crippen molar-refractivity contribution in [2.45, 2.75) is 31.7 Å². The summed E-state index contributed by atoms with van der Waals surface area (Å²) in [4.78, 5) is 29.0. The number of esters is 1. The molecule has 5 nitrogen and oxygen atoms in total. The summed E-state index contributed by atoms with van der Waals surface area (Å²) in [6, 6.07) is 17.5. The molecule has 0 aliphatic carbocycles. The summed E-state index contributed by atoms with van der Waals surface area (Å²) >= 11 is 0. The van der Waals surface area contributed by atoms with Gasteiger partial charge in [0.2, 0.25) is 0 Å². The number of piperidine rings is 1. The molecule has 1 atom stereocenters. The first-order chi connectivity index (χ1) is 14.1. The Hall–Kier alpha value is -2.66. The van der Waals surface area contributed by atoms with E-state index in [1.807, 2.05) is 18.0 Å². The second-order valence-corrected chi connectivity index (χ2v) is 7.67. The zero-order chi connectivity index (χ0) is 20.6. The number of benzene rings is 2. The molecule has 1 saturated heterocycles. The predicted octanol–water partition coefficient (Wildman–Crippen LogP) is 3.64. The van der Waals surface area contributed by atoms with Crippen molar-refractivity contribution in [2.24, 2.45) is 0 Å². The summed E-state index contributed by atoms with van der Waals surface area (Å²) in [7, 11) is 3.21. The van der Waals surface area contributed by atoms with Gasteiger partial charge in [0.1, 0.15) is 0 Å². The molecule has 1 aliphatic rings. The Balaban J connectivity index is 1.55. The molecule has 1 amide bonds. The molecule has 0 N–H and O–H groups in total. The number of carbonyl (C=O) groups excluding carboxylic acids is 2. The SMILES string of the molecule is COC(=O)c1cccc(C(=O)N(C)[C@H]2CCCN(CCCc3ccccc3)C2)c1. The van der Waals surface area contributed by atoms with Gasteiger partial charge < -0.3 is 14.5 Å². The third kappa shape index (κ3) is 5.67. The molecule has 1 fully saturated rings. The highest BCUT2D eigenvalue weighted by atomic mass is 16.5. The normalized spacial score (nSPS) is 17.0. The average molecular weight is 395 g/mol. The number of aryl methyl sites for hydroxylation is 1. The molecule has 1 aliphatic heterocycles. The van der Waals surface area contributed by atoms with Crippen molar-refractivity contribution in [3.05, 3.63) is 71.3 Å². The molecule has 5 heteroatoms. The lowest BCUT2D eigenvalue weighted by atomic mass is 10.0. The van der Waals surface area contributed by atoms with E-state index in [1.54, 1.807) is 24.3 Å². The van der Waals surface area contributed by atoms with Gasteiger partial charge >= 0.3 is 5.97 Å². The van der Waals surface area contributed by atoms with E-state index >= 15 is 0 Å². The minimum absolute atomic E-state index is 0.0492. The van der Waals surface area contributed by atoms with E-state index in [-0.39, 0.29) is 11.9 Å². The van der Waals surface area contributed by atoms with Crippen molar-refractivity contribution in [1.29, 1.82) is 0 Å². The molecular weight excluding hydrogens is 364 g/mol. The number of nitrogens with zero attached hydrogens (tertiary/aromatic N) is 2. The first kappa shape index (κ1) is 21.1. The first-order valence-electron chi connectivity index (χ1n) is 10.3. The fraction of sp³-hybridized carbons (Fsp3) is 0.417. The number of methoxy groups -OCH3 is 1. The Kier molecular flexibility index (Phi) is 7.42. The number of hydrogen-bond donors (Lipinski definition) is 0. The van der Waals surface area contributed by atoms with Crippen molar-refractivity contribution in [3.8, 4) is 0 Å². The largest absolute Gasteiger partial charge is 0.465 e. The van der Waals surface area contributed by atoms with E-state index < -0.39 is 5.97 Å². The van der Waals surface area contributed by atoms with E-state index in [4.69, 9.17) is 4.74 Å². The van der Waals surface area contributed by atoms with Crippen molar-refractivity contribution >= 4 is 11.9 Å². The lowest BCUT2D eigenvalue weighted by Gasteiger charge is -2.37. The molecule has 3 rings (SSSR count). The highest BCUT2D eigenvalue weighted by Gasteiger charge is 2.26. The zero-order valence-corrected chi connectivity index (χ0v) is 17.3. The van der Waals surface area contributed by atoms with Crippen molar-refractivity contribution < 1.29 is 14.3 Å². The van der Waals surface area contributed by atoms with Crippen LogP contribution in [0.25, 0.3) is 0 Å². The Labute approximate surface area is 173 Å². The molecule has 0 spiro atoms. The van der Waals surface area contributed by atoms with Gasteiger partial charge in [0.25, 0.3) is 5.91 Å².